The summed E-state index contributed by atoms with van der Waals surface area (Å²) in [6, 6.07) is 0.734. The molecule has 0 saturated carbocycles. The van der Waals surface area contributed by atoms with Crippen molar-refractivity contribution in [1.82, 2.24) is 0 Å². The predicted octanol–water partition coefficient (Wildman–Crippen LogP) is 2.94. The molecule has 0 unspecified atom stereocenters. The van der Waals surface area contributed by atoms with Crippen molar-refractivity contribution in [3.63, 3.8) is 0 Å². The summed E-state index contributed by atoms with van der Waals surface area (Å²) < 4.78 is 16.5. The monoisotopic (exact) mass is 258 g/mol. The predicted molar refractivity (Wildman–Crippen MR) is 58.6 cm³/mol. The molecule has 3 nitrogen and oxygen atoms in total. The van der Waals surface area contributed by atoms with E-state index >= 15 is 0 Å². The van der Waals surface area contributed by atoms with E-state index in [9.17, 15) is 0 Å². The molecular weight excluding hydrogens is 243 g/mol. The van der Waals surface area contributed by atoms with Crippen LogP contribution >= 0.6 is 22.2 Å². The van der Waals surface area contributed by atoms with Crippen molar-refractivity contribution in [2.45, 2.75) is 38.7 Å². The van der Waals surface area contributed by atoms with Crippen LogP contribution in [0, 0.1) is 0 Å². The van der Waals surface area contributed by atoms with Crippen LogP contribution in [0.4, 0.5) is 0 Å². The Bertz CT molecular complexity index is 178. The number of ether oxygens (including phenoxy) is 2. The van der Waals surface area contributed by atoms with E-state index in [2.05, 4.69) is 0 Å². The fraction of sp³-hybridized carbons (Fsp3) is 1.00. The van der Waals surface area contributed by atoms with Gasteiger partial charge in [0.25, 0.3) is 5.97 Å². The Morgan fingerprint density at radius 3 is 2.29 bits per heavy atom. The van der Waals surface area contributed by atoms with Crippen LogP contribution in [0.3, 0.4) is 0 Å². The average molecular weight is 259 g/mol. The molecule has 0 N–H and O–H groups in total. The standard InChI is InChI=1S/C8H16Cl2O3Si/c1-3-11-8(12-4-2)6-5-7-14(9,10)13-8/h3-7H2,1-2H3. The quantitative estimate of drug-likeness (QED) is 0.441. The van der Waals surface area contributed by atoms with Gasteiger partial charge in [0.1, 0.15) is 0 Å². The number of hydrogen-bond donors (Lipinski definition) is 0. The minimum Gasteiger partial charge on any atom is -0.340 e. The van der Waals surface area contributed by atoms with E-state index < -0.39 is 12.9 Å². The molecule has 0 amide bonds. The van der Waals surface area contributed by atoms with Crippen molar-refractivity contribution < 1.29 is 13.9 Å². The van der Waals surface area contributed by atoms with Gasteiger partial charge in [-0.25, -0.2) is 0 Å². The van der Waals surface area contributed by atoms with Gasteiger partial charge in [-0.15, -0.1) is 22.2 Å². The molecular formula is C8H16Cl2O3Si. The molecule has 1 aliphatic rings. The molecule has 1 aliphatic heterocycles. The van der Waals surface area contributed by atoms with Gasteiger partial charge in [-0.1, -0.05) is 0 Å². The number of rotatable bonds is 4. The fourth-order valence-electron chi connectivity index (χ4n) is 1.53. The fourth-order valence-corrected chi connectivity index (χ4v) is 4.40. The van der Waals surface area contributed by atoms with Gasteiger partial charge in [0.15, 0.2) is 0 Å². The highest BCUT2D eigenvalue weighted by Crippen LogP contribution is 2.39. The molecule has 84 valence electrons. The summed E-state index contributed by atoms with van der Waals surface area (Å²) in [7, 11) is 0. The lowest BCUT2D eigenvalue weighted by atomic mass is 10.3. The van der Waals surface area contributed by atoms with Crippen LogP contribution < -0.4 is 0 Å². The molecule has 0 atom stereocenters. The second kappa shape index (κ2) is 5.14. The molecule has 14 heavy (non-hydrogen) atoms. The largest absolute Gasteiger partial charge is 0.393 e. The molecule has 1 fully saturated rings. The molecule has 0 aromatic carbocycles. The SMILES string of the molecule is CCOC1(OCC)CCC[Si](Cl)(Cl)O1. The molecule has 6 heteroatoms. The first-order chi connectivity index (χ1) is 6.54. The Hall–Kier alpha value is 0.677. The van der Waals surface area contributed by atoms with Crippen LogP contribution in [0.15, 0.2) is 0 Å². The van der Waals surface area contributed by atoms with Crippen molar-refractivity contribution in [1.29, 1.82) is 0 Å². The highest BCUT2D eigenvalue weighted by Gasteiger charge is 2.48. The van der Waals surface area contributed by atoms with Gasteiger partial charge in [0.05, 0.1) is 0 Å². The molecule has 0 aliphatic carbocycles. The van der Waals surface area contributed by atoms with Gasteiger partial charge >= 0.3 is 6.94 Å². The highest BCUT2D eigenvalue weighted by atomic mass is 35.7. The van der Waals surface area contributed by atoms with Gasteiger partial charge in [-0.05, 0) is 26.3 Å². The van der Waals surface area contributed by atoms with E-state index in [1.54, 1.807) is 0 Å². The zero-order valence-electron chi connectivity index (χ0n) is 8.52. The molecule has 0 aromatic rings. The van der Waals surface area contributed by atoms with Crippen LogP contribution in [-0.2, 0) is 13.9 Å². The Kier molecular flexibility index (Phi) is 4.68. The van der Waals surface area contributed by atoms with Crippen LogP contribution in [-0.4, -0.2) is 26.1 Å². The topological polar surface area (TPSA) is 27.7 Å². The lowest BCUT2D eigenvalue weighted by molar-refractivity contribution is -0.351. The smallest absolute Gasteiger partial charge is 0.340 e. The zero-order chi connectivity index (χ0) is 10.7. The second-order valence-corrected chi connectivity index (χ2v) is 9.36. The lowest BCUT2D eigenvalue weighted by Crippen LogP contribution is -2.49. The molecule has 0 bridgehead atoms. The van der Waals surface area contributed by atoms with Crippen LogP contribution in [0.5, 0.6) is 0 Å². The molecule has 0 radical (unpaired) electrons. The Morgan fingerprint density at radius 2 is 1.86 bits per heavy atom. The lowest BCUT2D eigenvalue weighted by Gasteiger charge is -2.40. The second-order valence-electron chi connectivity index (χ2n) is 3.14. The van der Waals surface area contributed by atoms with E-state index in [-0.39, 0.29) is 0 Å². The summed E-state index contributed by atoms with van der Waals surface area (Å²) >= 11 is 12.1. The summed E-state index contributed by atoms with van der Waals surface area (Å²) in [4.78, 5) is 0. The molecule has 0 spiro atoms. The minimum atomic E-state index is -2.61. The van der Waals surface area contributed by atoms with Crippen molar-refractivity contribution in [2.24, 2.45) is 0 Å². The maximum Gasteiger partial charge on any atom is 0.393 e. The Balaban J connectivity index is 2.65. The van der Waals surface area contributed by atoms with E-state index in [1.807, 2.05) is 13.8 Å². The van der Waals surface area contributed by atoms with Crippen molar-refractivity contribution in [3.8, 4) is 0 Å². The third-order valence-corrected chi connectivity index (χ3v) is 5.13. The Labute approximate surface area is 95.2 Å². The zero-order valence-corrected chi connectivity index (χ0v) is 11.0. The van der Waals surface area contributed by atoms with Crippen LogP contribution in [0.1, 0.15) is 26.7 Å². The third kappa shape index (κ3) is 3.36. The summed E-state index contributed by atoms with van der Waals surface area (Å²) in [5.41, 5.74) is 0. The van der Waals surface area contributed by atoms with Gasteiger partial charge < -0.3 is 13.9 Å². The normalized spacial score (nSPS) is 24.9. The average Bonchev–Trinajstić information content (AvgIpc) is 2.02. The summed E-state index contributed by atoms with van der Waals surface area (Å²) in [5.74, 6) is -0.989. The summed E-state index contributed by atoms with van der Waals surface area (Å²) in [5, 5.41) is 0. The van der Waals surface area contributed by atoms with E-state index in [1.165, 1.54) is 0 Å². The molecule has 1 saturated heterocycles. The van der Waals surface area contributed by atoms with E-state index in [0.29, 0.717) is 19.6 Å². The molecule has 1 heterocycles. The van der Waals surface area contributed by atoms with Gasteiger partial charge in [0, 0.05) is 19.6 Å². The molecule has 1 rings (SSSR count). The number of hydrogen-bond acceptors (Lipinski definition) is 3. The van der Waals surface area contributed by atoms with Gasteiger partial charge in [-0.2, -0.15) is 0 Å². The van der Waals surface area contributed by atoms with Crippen molar-refractivity contribution in [3.05, 3.63) is 0 Å². The third-order valence-electron chi connectivity index (χ3n) is 1.98. The first kappa shape index (κ1) is 12.7. The van der Waals surface area contributed by atoms with Crippen LogP contribution in [0.2, 0.25) is 6.04 Å². The Morgan fingerprint density at radius 1 is 1.29 bits per heavy atom. The first-order valence-electron chi connectivity index (χ1n) is 4.89. The summed E-state index contributed by atoms with van der Waals surface area (Å²) in [6.07, 6.45) is 1.59. The van der Waals surface area contributed by atoms with E-state index in [4.69, 9.17) is 36.1 Å². The first-order valence-corrected chi connectivity index (χ1v) is 9.03. The number of halogens is 2. The maximum absolute atomic E-state index is 6.05. The highest BCUT2D eigenvalue weighted by molar-refractivity contribution is 7.42. The van der Waals surface area contributed by atoms with Crippen molar-refractivity contribution in [2.75, 3.05) is 13.2 Å². The van der Waals surface area contributed by atoms with Crippen molar-refractivity contribution >= 4 is 29.1 Å². The maximum atomic E-state index is 6.05. The molecule has 0 aromatic heterocycles. The minimum absolute atomic E-state index is 0.526. The van der Waals surface area contributed by atoms with Crippen LogP contribution in [0.25, 0.3) is 0 Å². The summed E-state index contributed by atoms with van der Waals surface area (Å²) in [6.45, 7) is 2.23. The van der Waals surface area contributed by atoms with Gasteiger partial charge in [0.2, 0.25) is 0 Å². The van der Waals surface area contributed by atoms with E-state index in [0.717, 1.165) is 12.5 Å². The van der Waals surface area contributed by atoms with Gasteiger partial charge in [-0.3, -0.25) is 0 Å².